The smallest absolute Gasteiger partial charge is 0.236 e. The zero-order valence-electron chi connectivity index (χ0n) is 14.0. The highest BCUT2D eigenvalue weighted by atomic mass is 35.5. The van der Waals surface area contributed by atoms with Gasteiger partial charge in [-0.3, -0.25) is 4.79 Å². The summed E-state index contributed by atoms with van der Waals surface area (Å²) < 4.78 is 1.96. The summed E-state index contributed by atoms with van der Waals surface area (Å²) in [5, 5.41) is 15.0. The summed E-state index contributed by atoms with van der Waals surface area (Å²) in [5.41, 5.74) is 1.58. The van der Waals surface area contributed by atoms with Crippen LogP contribution in [0.4, 0.5) is 5.13 Å². The van der Waals surface area contributed by atoms with Crippen LogP contribution >= 0.6 is 46.3 Å². The summed E-state index contributed by atoms with van der Waals surface area (Å²) >= 11 is 14.7. The van der Waals surface area contributed by atoms with Gasteiger partial charge in [0.15, 0.2) is 10.3 Å². The maximum Gasteiger partial charge on any atom is 0.236 e. The van der Waals surface area contributed by atoms with Gasteiger partial charge in [-0.05, 0) is 26.0 Å². The number of anilines is 1. The van der Waals surface area contributed by atoms with Gasteiger partial charge in [0.25, 0.3) is 0 Å². The van der Waals surface area contributed by atoms with Crippen LogP contribution < -0.4 is 5.32 Å². The van der Waals surface area contributed by atoms with E-state index in [2.05, 4.69) is 20.5 Å². The molecule has 3 aromatic rings. The maximum atomic E-state index is 12.2. The van der Waals surface area contributed by atoms with Crippen molar-refractivity contribution in [2.75, 3.05) is 11.1 Å². The largest absolute Gasteiger partial charge is 0.307 e. The fraction of sp³-hybridized carbons (Fsp3) is 0.250. The van der Waals surface area contributed by atoms with Gasteiger partial charge in [-0.25, -0.2) is 4.98 Å². The molecule has 0 saturated heterocycles. The molecule has 0 atom stereocenters. The quantitative estimate of drug-likeness (QED) is 0.573. The van der Waals surface area contributed by atoms with E-state index in [1.807, 2.05) is 29.9 Å². The normalized spacial score (nSPS) is 10.9. The van der Waals surface area contributed by atoms with Crippen LogP contribution in [0.5, 0.6) is 0 Å². The van der Waals surface area contributed by atoms with Crippen molar-refractivity contribution in [1.29, 1.82) is 0 Å². The maximum absolute atomic E-state index is 12.2. The standard InChI is InChI=1S/C16H15Cl2N5OS2/c1-3-23-9(2)21-22-16(23)26-8-14(24)20-15-19-13(7-25-15)10-4-5-11(17)12(18)6-10/h4-7H,3,8H2,1-2H3,(H,19,20,24). The van der Waals surface area contributed by atoms with E-state index in [0.717, 1.165) is 28.8 Å². The molecule has 1 aromatic carbocycles. The van der Waals surface area contributed by atoms with Crippen LogP contribution in [0.1, 0.15) is 12.7 Å². The lowest BCUT2D eigenvalue weighted by Crippen LogP contribution is -2.14. The zero-order valence-corrected chi connectivity index (χ0v) is 17.1. The van der Waals surface area contributed by atoms with Crippen molar-refractivity contribution in [3.05, 3.63) is 39.4 Å². The molecule has 1 amide bonds. The molecule has 0 unspecified atom stereocenters. The zero-order chi connectivity index (χ0) is 18.7. The third kappa shape index (κ3) is 4.37. The molecule has 0 saturated carbocycles. The number of rotatable bonds is 6. The number of thioether (sulfide) groups is 1. The average molecular weight is 428 g/mol. The third-order valence-corrected chi connectivity index (χ3v) is 5.98. The molecule has 3 rings (SSSR count). The lowest BCUT2D eigenvalue weighted by atomic mass is 10.2. The van der Waals surface area contributed by atoms with E-state index in [1.165, 1.54) is 23.1 Å². The SMILES string of the molecule is CCn1c(C)nnc1SCC(=O)Nc1nc(-c2ccc(Cl)c(Cl)c2)cs1. The highest BCUT2D eigenvalue weighted by molar-refractivity contribution is 7.99. The Labute approximate surface area is 168 Å². The highest BCUT2D eigenvalue weighted by Crippen LogP contribution is 2.30. The molecule has 2 aromatic heterocycles. The number of hydrogen-bond acceptors (Lipinski definition) is 6. The lowest BCUT2D eigenvalue weighted by Gasteiger charge is -2.04. The van der Waals surface area contributed by atoms with Gasteiger partial charge in [0.1, 0.15) is 5.82 Å². The monoisotopic (exact) mass is 427 g/mol. The van der Waals surface area contributed by atoms with E-state index in [0.29, 0.717) is 15.2 Å². The summed E-state index contributed by atoms with van der Waals surface area (Å²) in [4.78, 5) is 16.6. The molecule has 136 valence electrons. The lowest BCUT2D eigenvalue weighted by molar-refractivity contribution is -0.113. The predicted molar refractivity (Wildman–Crippen MR) is 107 cm³/mol. The number of hydrogen-bond donors (Lipinski definition) is 1. The van der Waals surface area contributed by atoms with Gasteiger partial charge < -0.3 is 9.88 Å². The molecule has 0 spiro atoms. The first-order chi connectivity index (χ1) is 12.5. The number of carbonyl (C=O) groups is 1. The number of aromatic nitrogens is 4. The van der Waals surface area contributed by atoms with Crippen molar-refractivity contribution < 1.29 is 4.79 Å². The molecule has 1 N–H and O–H groups in total. The van der Waals surface area contributed by atoms with Crippen LogP contribution in [0.25, 0.3) is 11.3 Å². The minimum absolute atomic E-state index is 0.145. The van der Waals surface area contributed by atoms with Crippen molar-refractivity contribution in [1.82, 2.24) is 19.7 Å². The van der Waals surface area contributed by atoms with Crippen molar-refractivity contribution in [3.8, 4) is 11.3 Å². The van der Waals surface area contributed by atoms with Crippen LogP contribution in [0.15, 0.2) is 28.7 Å². The highest BCUT2D eigenvalue weighted by Gasteiger charge is 2.13. The Balaban J connectivity index is 1.61. The Morgan fingerprint density at radius 1 is 1.31 bits per heavy atom. The van der Waals surface area contributed by atoms with Crippen molar-refractivity contribution in [2.45, 2.75) is 25.5 Å². The third-order valence-electron chi connectivity index (χ3n) is 3.52. The van der Waals surface area contributed by atoms with Gasteiger partial charge in [0, 0.05) is 17.5 Å². The molecule has 10 heteroatoms. The van der Waals surface area contributed by atoms with Gasteiger partial charge in [0.05, 0.1) is 21.5 Å². The average Bonchev–Trinajstić information content (AvgIpc) is 3.22. The van der Waals surface area contributed by atoms with E-state index in [1.54, 1.807) is 12.1 Å². The molecular formula is C16H15Cl2N5OS2. The van der Waals surface area contributed by atoms with E-state index in [9.17, 15) is 4.79 Å². The van der Waals surface area contributed by atoms with Crippen LogP contribution in [0, 0.1) is 6.92 Å². The first-order valence-electron chi connectivity index (χ1n) is 7.71. The van der Waals surface area contributed by atoms with Crippen molar-refractivity contribution >= 4 is 57.3 Å². The summed E-state index contributed by atoms with van der Waals surface area (Å²) in [6.45, 7) is 4.67. The second-order valence-corrected chi connectivity index (χ2v) is 7.89. The Bertz CT molecular complexity index is 941. The summed E-state index contributed by atoms with van der Waals surface area (Å²) in [6, 6.07) is 5.31. The number of aryl methyl sites for hydroxylation is 1. The number of nitrogens with zero attached hydrogens (tertiary/aromatic N) is 4. The Hall–Kier alpha value is -1.61. The number of amides is 1. The first kappa shape index (κ1) is 19.2. The van der Waals surface area contributed by atoms with Gasteiger partial charge in [0.2, 0.25) is 5.91 Å². The first-order valence-corrected chi connectivity index (χ1v) is 10.3. The molecule has 26 heavy (non-hydrogen) atoms. The summed E-state index contributed by atoms with van der Waals surface area (Å²) in [5.74, 6) is 0.926. The Morgan fingerprint density at radius 2 is 2.12 bits per heavy atom. The Kier molecular flexibility index (Phi) is 6.18. The number of nitrogens with one attached hydrogen (secondary N) is 1. The fourth-order valence-corrected chi connectivity index (χ4v) is 4.12. The molecule has 0 aliphatic carbocycles. The summed E-state index contributed by atoms with van der Waals surface area (Å²) in [7, 11) is 0. The van der Waals surface area contributed by atoms with E-state index in [-0.39, 0.29) is 11.7 Å². The molecule has 2 heterocycles. The van der Waals surface area contributed by atoms with Gasteiger partial charge in [-0.15, -0.1) is 21.5 Å². The second kappa shape index (κ2) is 8.39. The fourth-order valence-electron chi connectivity index (χ4n) is 2.24. The minimum atomic E-state index is -0.145. The van der Waals surface area contributed by atoms with Crippen LogP contribution in [-0.4, -0.2) is 31.4 Å². The van der Waals surface area contributed by atoms with E-state index >= 15 is 0 Å². The number of carbonyl (C=O) groups excluding carboxylic acids is 1. The van der Waals surface area contributed by atoms with Gasteiger partial charge in [-0.1, -0.05) is 41.0 Å². The van der Waals surface area contributed by atoms with Crippen LogP contribution in [0.2, 0.25) is 10.0 Å². The predicted octanol–water partition coefficient (Wildman–Crippen LogP) is 4.77. The van der Waals surface area contributed by atoms with Crippen LogP contribution in [-0.2, 0) is 11.3 Å². The molecule has 0 aliphatic rings. The molecule has 0 bridgehead atoms. The van der Waals surface area contributed by atoms with E-state index in [4.69, 9.17) is 23.2 Å². The topological polar surface area (TPSA) is 72.7 Å². The van der Waals surface area contributed by atoms with Gasteiger partial charge in [-0.2, -0.15) is 0 Å². The van der Waals surface area contributed by atoms with Crippen LogP contribution in [0.3, 0.4) is 0 Å². The summed E-state index contributed by atoms with van der Waals surface area (Å²) in [6.07, 6.45) is 0. The number of benzene rings is 1. The molecule has 0 fully saturated rings. The molecule has 0 radical (unpaired) electrons. The molecular weight excluding hydrogens is 413 g/mol. The van der Waals surface area contributed by atoms with E-state index < -0.39 is 0 Å². The number of halogens is 2. The minimum Gasteiger partial charge on any atom is -0.307 e. The second-order valence-electron chi connectivity index (χ2n) is 5.28. The van der Waals surface area contributed by atoms with Crippen molar-refractivity contribution in [3.63, 3.8) is 0 Å². The molecule has 6 nitrogen and oxygen atoms in total. The number of thiazole rings is 1. The van der Waals surface area contributed by atoms with Gasteiger partial charge >= 0.3 is 0 Å². The molecule has 0 aliphatic heterocycles. The van der Waals surface area contributed by atoms with Crippen molar-refractivity contribution in [2.24, 2.45) is 0 Å². The Morgan fingerprint density at radius 3 is 2.85 bits per heavy atom.